The van der Waals surface area contributed by atoms with E-state index in [2.05, 4.69) is 4.90 Å². The van der Waals surface area contributed by atoms with E-state index >= 15 is 0 Å². The number of Topliss-reactive ketones (excluding diaryl/α,β-unsaturated/α-hetero) is 2. The zero-order chi connectivity index (χ0) is 30.7. The van der Waals surface area contributed by atoms with Crippen LogP contribution in [0.2, 0.25) is 0 Å². The van der Waals surface area contributed by atoms with Gasteiger partial charge in [-0.2, -0.15) is 0 Å². The van der Waals surface area contributed by atoms with Gasteiger partial charge in [0.15, 0.2) is 11.4 Å². The number of nitrogens with zero attached hydrogens (tertiary/aromatic N) is 2. The van der Waals surface area contributed by atoms with E-state index in [9.17, 15) is 34.8 Å². The van der Waals surface area contributed by atoms with E-state index in [4.69, 9.17) is 10.5 Å². The van der Waals surface area contributed by atoms with Crippen LogP contribution in [0.1, 0.15) is 60.0 Å². The number of ether oxygens (including phenoxy) is 1. The Kier molecular flexibility index (Phi) is 7.88. The lowest BCUT2D eigenvalue weighted by molar-refractivity contribution is -0.148. The van der Waals surface area contributed by atoms with Crippen molar-refractivity contribution in [2.24, 2.45) is 23.5 Å². The molecule has 6 N–H and O–H groups in total. The van der Waals surface area contributed by atoms with Crippen LogP contribution < -0.4 is 10.5 Å². The molecule has 0 bridgehead atoms. The molecule has 0 heterocycles. The number of rotatable bonds is 7. The van der Waals surface area contributed by atoms with Crippen molar-refractivity contribution >= 4 is 17.5 Å². The number of carbonyl (C=O) groups is 3. The standard InChI is InChI=1S/C31H41N3O8/c1-33(2)24-19-11-16-10-18-22(25(36)21(16)28(38)31(19,41)29(39)23(26(24)37)30(32)40)20(35)12-17(27(18)42-4)14-34(3)13-15-8-6-5-7-9-15/h12,15-16,19,24,35,37-38,41H,5-11,13-14H2,1-4H3,(H2,32,40)/t16-,19-,24-,31-/m0/s1. The first-order valence-electron chi connectivity index (χ1n) is 14.6. The van der Waals surface area contributed by atoms with Crippen molar-refractivity contribution in [2.45, 2.75) is 63.1 Å². The molecule has 4 atom stereocenters. The molecule has 0 aliphatic heterocycles. The van der Waals surface area contributed by atoms with E-state index in [0.717, 1.165) is 12.1 Å². The summed E-state index contributed by atoms with van der Waals surface area (Å²) >= 11 is 0. The van der Waals surface area contributed by atoms with Crippen LogP contribution in [-0.4, -0.2) is 94.1 Å². The van der Waals surface area contributed by atoms with Crippen molar-refractivity contribution in [1.29, 1.82) is 0 Å². The lowest BCUT2D eigenvalue weighted by Crippen LogP contribution is -2.63. The van der Waals surface area contributed by atoms with Gasteiger partial charge in [-0.25, -0.2) is 0 Å². The molecule has 1 amide bonds. The minimum absolute atomic E-state index is 0.0293. The highest BCUT2D eigenvalue weighted by molar-refractivity contribution is 6.24. The number of hydrogen-bond donors (Lipinski definition) is 5. The first-order chi connectivity index (χ1) is 19.8. The zero-order valence-corrected chi connectivity index (χ0v) is 24.6. The number of aliphatic hydroxyl groups is 3. The predicted molar refractivity (Wildman–Crippen MR) is 153 cm³/mol. The average molecular weight is 584 g/mol. The molecular weight excluding hydrogens is 542 g/mol. The third kappa shape index (κ3) is 4.58. The van der Waals surface area contributed by atoms with Gasteiger partial charge in [0.05, 0.1) is 18.7 Å². The summed E-state index contributed by atoms with van der Waals surface area (Å²) in [7, 11) is 6.74. The molecule has 42 heavy (non-hydrogen) atoms. The van der Waals surface area contributed by atoms with E-state index in [-0.39, 0.29) is 29.7 Å². The predicted octanol–water partition coefficient (Wildman–Crippen LogP) is 2.14. The lowest BCUT2D eigenvalue weighted by atomic mass is 9.58. The van der Waals surface area contributed by atoms with Crippen molar-refractivity contribution in [3.8, 4) is 11.5 Å². The van der Waals surface area contributed by atoms with Gasteiger partial charge in [0, 0.05) is 35.7 Å². The topological polar surface area (TPSA) is 174 Å². The van der Waals surface area contributed by atoms with Crippen LogP contribution in [0.25, 0.3) is 0 Å². The van der Waals surface area contributed by atoms with E-state index in [0.29, 0.717) is 23.8 Å². The second kappa shape index (κ2) is 11.0. The molecule has 4 aliphatic carbocycles. The van der Waals surface area contributed by atoms with Gasteiger partial charge in [0.1, 0.15) is 28.6 Å². The minimum Gasteiger partial charge on any atom is -0.510 e. The van der Waals surface area contributed by atoms with Crippen molar-refractivity contribution in [2.75, 3.05) is 34.8 Å². The SMILES string of the molecule is COc1c(CN(C)CC2CCCCC2)cc(O)c2c1C[C@H]1C[C@H]3[C@H](N(C)C)C(O)=C(C(N)=O)C(=O)[C@@]3(O)C(O)=C1C2=O. The normalized spacial score (nSPS) is 28.2. The Bertz CT molecular complexity index is 1390. The van der Waals surface area contributed by atoms with E-state index < -0.39 is 58.0 Å². The molecule has 0 aromatic heterocycles. The van der Waals surface area contributed by atoms with Gasteiger partial charge < -0.3 is 35.8 Å². The molecule has 0 radical (unpaired) electrons. The highest BCUT2D eigenvalue weighted by Crippen LogP contribution is 2.53. The number of primary amides is 1. The van der Waals surface area contributed by atoms with E-state index in [1.807, 2.05) is 7.05 Å². The van der Waals surface area contributed by atoms with Crippen LogP contribution in [-0.2, 0) is 22.6 Å². The van der Waals surface area contributed by atoms with E-state index in [1.165, 1.54) is 50.2 Å². The molecular formula is C31H41N3O8. The van der Waals surface area contributed by atoms with Crippen LogP contribution in [0.5, 0.6) is 11.5 Å². The van der Waals surface area contributed by atoms with Crippen molar-refractivity contribution in [3.63, 3.8) is 0 Å². The number of ketones is 2. The fourth-order valence-corrected chi connectivity index (χ4v) is 7.90. The van der Waals surface area contributed by atoms with Gasteiger partial charge in [-0.1, -0.05) is 19.3 Å². The van der Waals surface area contributed by atoms with Crippen molar-refractivity contribution < 1.29 is 39.5 Å². The number of hydrogen-bond acceptors (Lipinski definition) is 10. The zero-order valence-electron chi connectivity index (χ0n) is 24.6. The minimum atomic E-state index is -2.66. The Morgan fingerprint density at radius 1 is 1.12 bits per heavy atom. The van der Waals surface area contributed by atoms with Crippen LogP contribution in [0.3, 0.4) is 0 Å². The maximum Gasteiger partial charge on any atom is 0.255 e. The number of fused-ring (bicyclic) bond motifs is 3. The van der Waals surface area contributed by atoms with Gasteiger partial charge in [0.2, 0.25) is 5.78 Å². The third-order valence-electron chi connectivity index (χ3n) is 9.69. The average Bonchev–Trinajstić information content (AvgIpc) is 2.91. The number of carbonyl (C=O) groups excluding carboxylic acids is 3. The number of phenolic OH excluding ortho intramolecular Hbond substituents is 1. The second-order valence-corrected chi connectivity index (χ2v) is 12.6. The lowest BCUT2D eigenvalue weighted by Gasteiger charge is -2.50. The van der Waals surface area contributed by atoms with E-state index in [1.54, 1.807) is 14.1 Å². The number of likely N-dealkylation sites (N-methyl/N-ethyl adjacent to an activating group) is 1. The first kappa shape index (κ1) is 30.1. The maximum atomic E-state index is 13.9. The molecule has 1 fully saturated rings. The molecule has 0 saturated heterocycles. The summed E-state index contributed by atoms with van der Waals surface area (Å²) in [5.74, 6) is -5.61. The molecule has 1 saturated carbocycles. The number of methoxy groups -OCH3 is 1. The maximum absolute atomic E-state index is 13.9. The molecule has 0 unspecified atom stereocenters. The highest BCUT2D eigenvalue weighted by Gasteiger charge is 2.63. The Morgan fingerprint density at radius 3 is 2.38 bits per heavy atom. The number of allylic oxidation sites excluding steroid dienone is 1. The van der Waals surface area contributed by atoms with Gasteiger partial charge in [0.25, 0.3) is 5.91 Å². The quantitative estimate of drug-likeness (QED) is 0.299. The van der Waals surface area contributed by atoms with Crippen LogP contribution >= 0.6 is 0 Å². The Labute approximate surface area is 245 Å². The van der Waals surface area contributed by atoms with Crippen molar-refractivity contribution in [1.82, 2.24) is 9.80 Å². The fraction of sp³-hybridized carbons (Fsp3) is 0.581. The van der Waals surface area contributed by atoms with Gasteiger partial charge in [-0.15, -0.1) is 0 Å². The number of aliphatic hydroxyl groups excluding tert-OH is 2. The molecule has 228 valence electrons. The molecule has 4 aliphatic rings. The molecule has 11 heteroatoms. The summed E-state index contributed by atoms with van der Waals surface area (Å²) in [6.45, 7) is 1.41. The van der Waals surface area contributed by atoms with Crippen LogP contribution in [0.15, 0.2) is 28.7 Å². The van der Waals surface area contributed by atoms with Crippen molar-refractivity contribution in [3.05, 3.63) is 45.4 Å². The third-order valence-corrected chi connectivity index (χ3v) is 9.69. The smallest absolute Gasteiger partial charge is 0.255 e. The molecule has 1 aromatic rings. The summed E-state index contributed by atoms with van der Waals surface area (Å²) in [6.07, 6.45) is 6.36. The molecule has 1 aromatic carbocycles. The number of aromatic hydroxyl groups is 1. The summed E-state index contributed by atoms with van der Waals surface area (Å²) < 4.78 is 5.83. The number of phenols is 1. The second-order valence-electron chi connectivity index (χ2n) is 12.6. The monoisotopic (exact) mass is 583 g/mol. The van der Waals surface area contributed by atoms with Gasteiger partial charge in [-0.3, -0.25) is 19.3 Å². The Balaban J connectivity index is 1.56. The molecule has 11 nitrogen and oxygen atoms in total. The highest BCUT2D eigenvalue weighted by atomic mass is 16.5. The summed E-state index contributed by atoms with van der Waals surface area (Å²) in [5, 5.41) is 45.2. The van der Waals surface area contributed by atoms with Crippen LogP contribution in [0.4, 0.5) is 0 Å². The van der Waals surface area contributed by atoms with Crippen LogP contribution in [0, 0.1) is 17.8 Å². The number of amides is 1. The fourth-order valence-electron chi connectivity index (χ4n) is 7.90. The number of nitrogens with two attached hydrogens (primary N) is 1. The Morgan fingerprint density at radius 2 is 1.79 bits per heavy atom. The molecule has 0 spiro atoms. The largest absolute Gasteiger partial charge is 0.510 e. The number of benzene rings is 1. The van der Waals surface area contributed by atoms with Gasteiger partial charge in [-0.05, 0) is 64.7 Å². The Hall–Kier alpha value is -3.41. The summed E-state index contributed by atoms with van der Waals surface area (Å²) in [4.78, 5) is 43.2. The van der Waals surface area contributed by atoms with Gasteiger partial charge >= 0.3 is 0 Å². The molecule has 5 rings (SSSR count). The summed E-state index contributed by atoms with van der Waals surface area (Å²) in [5.41, 5.74) is 2.90. The first-order valence-corrected chi connectivity index (χ1v) is 14.6. The summed E-state index contributed by atoms with van der Waals surface area (Å²) in [6, 6.07) is 0.468.